The first kappa shape index (κ1) is 12.7. The van der Waals surface area contributed by atoms with Crippen LogP contribution in [-0.4, -0.2) is 18.1 Å². The number of pyridine rings is 1. The molecule has 3 heterocycles. The molecule has 0 radical (unpaired) electrons. The Morgan fingerprint density at radius 1 is 1.10 bits per heavy atom. The van der Waals surface area contributed by atoms with E-state index in [1.807, 2.05) is 6.20 Å². The van der Waals surface area contributed by atoms with E-state index in [0.29, 0.717) is 18.0 Å². The summed E-state index contributed by atoms with van der Waals surface area (Å²) in [6.45, 7) is 2.34. The molecule has 2 aliphatic rings. The van der Waals surface area contributed by atoms with Gasteiger partial charge in [-0.05, 0) is 54.3 Å². The zero-order valence-corrected chi connectivity index (χ0v) is 12.5. The highest BCUT2D eigenvalue weighted by Crippen LogP contribution is 2.50. The molecule has 0 saturated carbocycles. The molecule has 108 valence electrons. The number of rotatable bonds is 2. The molecule has 2 aliphatic heterocycles. The highest BCUT2D eigenvalue weighted by molar-refractivity contribution is 5.57. The summed E-state index contributed by atoms with van der Waals surface area (Å²) in [5.41, 5.74) is 4.20. The first-order chi connectivity index (χ1) is 10.3. The lowest BCUT2D eigenvalue weighted by Gasteiger charge is -2.41. The van der Waals surface area contributed by atoms with Gasteiger partial charge in [0.1, 0.15) is 5.75 Å². The van der Waals surface area contributed by atoms with E-state index in [4.69, 9.17) is 4.74 Å². The van der Waals surface area contributed by atoms with Crippen molar-refractivity contribution in [1.29, 1.82) is 0 Å². The van der Waals surface area contributed by atoms with E-state index in [-0.39, 0.29) is 0 Å². The third kappa shape index (κ3) is 1.84. The predicted octanol–water partition coefficient (Wildman–Crippen LogP) is 3.92. The van der Waals surface area contributed by atoms with Gasteiger partial charge in [-0.25, -0.2) is 0 Å². The van der Waals surface area contributed by atoms with Gasteiger partial charge in [-0.1, -0.05) is 6.92 Å². The molecule has 0 N–H and O–H groups in total. The standard InChI is InChI=1S/C18H20N2O/c1-12-16-11-19-10-9-15(16)18-8-7-17(12)20(18)13-3-5-14(21-2)6-4-13/h3-6,9-12,17-18H,7-8H2,1-2H3/t12-,17+,18-/m1/s1. The fraction of sp³-hybridized carbons (Fsp3) is 0.389. The number of nitrogens with zero attached hydrogens (tertiary/aromatic N) is 2. The van der Waals surface area contributed by atoms with Crippen LogP contribution in [0.2, 0.25) is 0 Å². The maximum Gasteiger partial charge on any atom is 0.119 e. The number of anilines is 1. The molecular weight excluding hydrogens is 260 g/mol. The number of fused-ring (bicyclic) bond motifs is 4. The van der Waals surface area contributed by atoms with Crippen molar-refractivity contribution in [3.63, 3.8) is 0 Å². The number of ether oxygens (including phenoxy) is 1. The Labute approximate surface area is 125 Å². The van der Waals surface area contributed by atoms with Crippen molar-refractivity contribution in [1.82, 2.24) is 4.98 Å². The van der Waals surface area contributed by atoms with Gasteiger partial charge in [0.05, 0.1) is 13.2 Å². The first-order valence-corrected chi connectivity index (χ1v) is 7.66. The first-order valence-electron chi connectivity index (χ1n) is 7.66. The second kappa shape index (κ2) is 4.76. The summed E-state index contributed by atoms with van der Waals surface area (Å²) < 4.78 is 5.28. The Balaban J connectivity index is 1.77. The van der Waals surface area contributed by atoms with Crippen LogP contribution in [-0.2, 0) is 0 Å². The molecule has 3 atom stereocenters. The summed E-state index contributed by atoms with van der Waals surface area (Å²) in [6.07, 6.45) is 6.48. The third-order valence-electron chi connectivity index (χ3n) is 5.11. The van der Waals surface area contributed by atoms with Crippen LogP contribution in [0.15, 0.2) is 42.7 Å². The Morgan fingerprint density at radius 2 is 1.90 bits per heavy atom. The van der Waals surface area contributed by atoms with Crippen LogP contribution >= 0.6 is 0 Å². The summed E-state index contributed by atoms with van der Waals surface area (Å²) in [7, 11) is 1.71. The Morgan fingerprint density at radius 3 is 2.67 bits per heavy atom. The lowest BCUT2D eigenvalue weighted by Crippen LogP contribution is -2.39. The molecule has 3 nitrogen and oxygen atoms in total. The fourth-order valence-corrected chi connectivity index (χ4v) is 4.07. The van der Waals surface area contributed by atoms with Crippen molar-refractivity contribution < 1.29 is 4.74 Å². The minimum Gasteiger partial charge on any atom is -0.497 e. The van der Waals surface area contributed by atoms with Crippen LogP contribution in [0.1, 0.15) is 42.9 Å². The number of methoxy groups -OCH3 is 1. The SMILES string of the molecule is COc1ccc(N2[C@@H]3CC[C@H]2[C@H](C)c2cnccc23)cc1. The van der Waals surface area contributed by atoms with Crippen LogP contribution < -0.4 is 9.64 Å². The third-order valence-corrected chi connectivity index (χ3v) is 5.11. The largest absolute Gasteiger partial charge is 0.497 e. The molecule has 0 unspecified atom stereocenters. The van der Waals surface area contributed by atoms with Crippen molar-refractivity contribution in [3.8, 4) is 5.75 Å². The van der Waals surface area contributed by atoms with Gasteiger partial charge in [-0.3, -0.25) is 4.98 Å². The van der Waals surface area contributed by atoms with Crippen LogP contribution in [0.4, 0.5) is 5.69 Å². The molecule has 21 heavy (non-hydrogen) atoms. The number of benzene rings is 1. The summed E-state index contributed by atoms with van der Waals surface area (Å²) >= 11 is 0. The quantitative estimate of drug-likeness (QED) is 0.833. The van der Waals surface area contributed by atoms with Gasteiger partial charge in [0.2, 0.25) is 0 Å². The summed E-state index contributed by atoms with van der Waals surface area (Å²) in [5, 5.41) is 0. The predicted molar refractivity (Wildman–Crippen MR) is 83.9 cm³/mol. The van der Waals surface area contributed by atoms with Crippen molar-refractivity contribution in [3.05, 3.63) is 53.9 Å². The summed E-state index contributed by atoms with van der Waals surface area (Å²) in [6, 6.07) is 11.8. The Kier molecular flexibility index (Phi) is 2.88. The molecule has 3 heteroatoms. The lowest BCUT2D eigenvalue weighted by atomic mass is 9.86. The second-order valence-electron chi connectivity index (χ2n) is 6.06. The summed E-state index contributed by atoms with van der Waals surface area (Å²) in [5.74, 6) is 1.45. The smallest absolute Gasteiger partial charge is 0.119 e. The monoisotopic (exact) mass is 280 g/mol. The van der Waals surface area contributed by atoms with E-state index in [1.165, 1.54) is 29.7 Å². The van der Waals surface area contributed by atoms with Crippen LogP contribution in [0.3, 0.4) is 0 Å². The zero-order chi connectivity index (χ0) is 14.4. The normalized spacial score (nSPS) is 26.6. The lowest BCUT2D eigenvalue weighted by molar-refractivity contribution is 0.414. The number of hydrogen-bond acceptors (Lipinski definition) is 3. The van der Waals surface area contributed by atoms with Gasteiger partial charge in [-0.2, -0.15) is 0 Å². The minimum atomic E-state index is 0.498. The molecule has 2 bridgehead atoms. The van der Waals surface area contributed by atoms with E-state index < -0.39 is 0 Å². The number of hydrogen-bond donors (Lipinski definition) is 0. The van der Waals surface area contributed by atoms with Crippen LogP contribution in [0.25, 0.3) is 0 Å². The molecule has 1 fully saturated rings. The van der Waals surface area contributed by atoms with Crippen LogP contribution in [0.5, 0.6) is 5.75 Å². The highest BCUT2D eigenvalue weighted by Gasteiger charge is 2.43. The molecule has 0 amide bonds. The Hall–Kier alpha value is -2.03. The Bertz CT molecular complexity index is 653. The van der Waals surface area contributed by atoms with E-state index in [1.54, 1.807) is 7.11 Å². The van der Waals surface area contributed by atoms with E-state index in [2.05, 4.69) is 53.3 Å². The van der Waals surface area contributed by atoms with Gasteiger partial charge < -0.3 is 9.64 Å². The van der Waals surface area contributed by atoms with Gasteiger partial charge in [-0.15, -0.1) is 0 Å². The van der Waals surface area contributed by atoms with Crippen molar-refractivity contribution in [2.24, 2.45) is 0 Å². The van der Waals surface area contributed by atoms with Crippen LogP contribution in [0, 0.1) is 0 Å². The molecule has 1 aromatic heterocycles. The zero-order valence-electron chi connectivity index (χ0n) is 12.5. The average molecular weight is 280 g/mol. The van der Waals surface area contributed by atoms with Crippen molar-refractivity contribution >= 4 is 5.69 Å². The minimum absolute atomic E-state index is 0.498. The van der Waals surface area contributed by atoms with E-state index in [0.717, 1.165) is 5.75 Å². The molecular formula is C18H20N2O. The molecule has 1 aromatic carbocycles. The topological polar surface area (TPSA) is 25.4 Å². The highest BCUT2D eigenvalue weighted by atomic mass is 16.5. The fourth-order valence-electron chi connectivity index (χ4n) is 4.07. The molecule has 1 saturated heterocycles. The summed E-state index contributed by atoms with van der Waals surface area (Å²) in [4.78, 5) is 6.93. The van der Waals surface area contributed by atoms with Crippen molar-refractivity contribution in [2.75, 3.05) is 12.0 Å². The molecule has 0 aliphatic carbocycles. The molecule has 4 rings (SSSR count). The van der Waals surface area contributed by atoms with Gasteiger partial charge in [0, 0.05) is 30.0 Å². The number of aromatic nitrogens is 1. The molecule has 2 aromatic rings. The maximum absolute atomic E-state index is 5.28. The van der Waals surface area contributed by atoms with Gasteiger partial charge in [0.15, 0.2) is 0 Å². The van der Waals surface area contributed by atoms with Crippen molar-refractivity contribution in [2.45, 2.75) is 37.8 Å². The average Bonchev–Trinajstić information content (AvgIpc) is 2.93. The maximum atomic E-state index is 5.28. The van der Waals surface area contributed by atoms with E-state index >= 15 is 0 Å². The molecule has 0 spiro atoms. The van der Waals surface area contributed by atoms with E-state index in [9.17, 15) is 0 Å². The second-order valence-corrected chi connectivity index (χ2v) is 6.06. The van der Waals surface area contributed by atoms with Gasteiger partial charge >= 0.3 is 0 Å². The van der Waals surface area contributed by atoms with Gasteiger partial charge in [0.25, 0.3) is 0 Å².